The summed E-state index contributed by atoms with van der Waals surface area (Å²) in [5, 5.41) is 31.3. The first-order valence-electron chi connectivity index (χ1n) is 9.31. The number of aliphatic hydroxyl groups is 3. The number of fused-ring (bicyclic) bond motifs is 2. The van der Waals surface area contributed by atoms with Crippen molar-refractivity contribution in [2.45, 2.75) is 43.5 Å². The molecule has 2 aliphatic heterocycles. The van der Waals surface area contributed by atoms with Crippen LogP contribution in [0, 0.1) is 0 Å². The van der Waals surface area contributed by atoms with Crippen LogP contribution in [0.5, 0.6) is 5.75 Å². The van der Waals surface area contributed by atoms with Crippen LogP contribution in [0.25, 0.3) is 0 Å². The Bertz CT molecular complexity index is 841. The standard InChI is InChI=1S/C21H23ClO6/c1-2-26-15-6-3-12(4-7-15)9-13-10-14(5-8-16(13)22)21-20(25)19(24)18(23)17(28-21)11-27-21/h3-8,10,17-20,23-25H,2,9,11H2,1H3/t17-,18-,19+,20-,21-/m1/s1. The summed E-state index contributed by atoms with van der Waals surface area (Å²) in [6, 6.07) is 13.0. The van der Waals surface area contributed by atoms with E-state index in [9.17, 15) is 15.3 Å². The molecule has 0 spiro atoms. The molecule has 2 heterocycles. The van der Waals surface area contributed by atoms with Crippen molar-refractivity contribution in [2.24, 2.45) is 0 Å². The largest absolute Gasteiger partial charge is 0.494 e. The van der Waals surface area contributed by atoms with Gasteiger partial charge in [0.25, 0.3) is 0 Å². The second-order valence-corrected chi connectivity index (χ2v) is 7.53. The fourth-order valence-electron chi connectivity index (χ4n) is 3.79. The second-order valence-electron chi connectivity index (χ2n) is 7.12. The summed E-state index contributed by atoms with van der Waals surface area (Å²) in [5.74, 6) is -0.705. The Hall–Kier alpha value is -1.67. The summed E-state index contributed by atoms with van der Waals surface area (Å²) in [4.78, 5) is 0. The second kappa shape index (κ2) is 7.63. The zero-order chi connectivity index (χ0) is 19.9. The number of aliphatic hydroxyl groups excluding tert-OH is 3. The summed E-state index contributed by atoms with van der Waals surface area (Å²) in [6.45, 7) is 2.64. The Balaban J connectivity index is 1.62. The van der Waals surface area contributed by atoms with E-state index in [-0.39, 0.29) is 6.61 Å². The molecule has 0 aromatic heterocycles. The summed E-state index contributed by atoms with van der Waals surface area (Å²) in [6.07, 6.45) is -4.09. The van der Waals surface area contributed by atoms with Gasteiger partial charge >= 0.3 is 0 Å². The van der Waals surface area contributed by atoms with Crippen LogP contribution < -0.4 is 4.74 Å². The maximum atomic E-state index is 10.6. The highest BCUT2D eigenvalue weighted by molar-refractivity contribution is 6.31. The van der Waals surface area contributed by atoms with Gasteiger partial charge in [-0.05, 0) is 48.7 Å². The molecule has 5 atom stereocenters. The molecular formula is C21H23ClO6. The lowest BCUT2D eigenvalue weighted by molar-refractivity contribution is -0.302. The van der Waals surface area contributed by atoms with Crippen LogP contribution in [0.4, 0.5) is 0 Å². The highest BCUT2D eigenvalue weighted by Crippen LogP contribution is 2.45. The molecule has 2 fully saturated rings. The van der Waals surface area contributed by atoms with Gasteiger partial charge in [0.15, 0.2) is 0 Å². The molecule has 4 rings (SSSR count). The maximum Gasteiger partial charge on any atom is 0.225 e. The lowest BCUT2D eigenvalue weighted by Crippen LogP contribution is -2.58. The van der Waals surface area contributed by atoms with E-state index in [0.29, 0.717) is 23.6 Å². The average Bonchev–Trinajstić information content (AvgIpc) is 3.12. The van der Waals surface area contributed by atoms with Crippen molar-refractivity contribution >= 4 is 11.6 Å². The van der Waals surface area contributed by atoms with E-state index in [1.165, 1.54) is 0 Å². The van der Waals surface area contributed by atoms with E-state index >= 15 is 0 Å². The highest BCUT2D eigenvalue weighted by Gasteiger charge is 2.60. The van der Waals surface area contributed by atoms with Crippen LogP contribution >= 0.6 is 11.6 Å². The predicted molar refractivity (Wildman–Crippen MR) is 102 cm³/mol. The van der Waals surface area contributed by atoms with E-state index < -0.39 is 30.2 Å². The first-order chi connectivity index (χ1) is 13.4. The van der Waals surface area contributed by atoms with Crippen molar-refractivity contribution < 1.29 is 29.5 Å². The first kappa shape index (κ1) is 19.6. The molecule has 0 saturated carbocycles. The predicted octanol–water partition coefficient (Wildman–Crippen LogP) is 1.99. The Morgan fingerprint density at radius 2 is 1.86 bits per heavy atom. The van der Waals surface area contributed by atoms with Crippen LogP contribution in [-0.2, 0) is 21.7 Å². The molecule has 28 heavy (non-hydrogen) atoms. The molecule has 0 aliphatic carbocycles. The molecule has 2 aliphatic rings. The molecule has 2 aromatic carbocycles. The van der Waals surface area contributed by atoms with Gasteiger partial charge in [-0.15, -0.1) is 0 Å². The van der Waals surface area contributed by atoms with Crippen molar-refractivity contribution in [1.29, 1.82) is 0 Å². The maximum absolute atomic E-state index is 10.6. The minimum Gasteiger partial charge on any atom is -0.494 e. The summed E-state index contributed by atoms with van der Waals surface area (Å²) in [5.41, 5.74) is 2.44. The topological polar surface area (TPSA) is 88.4 Å². The molecule has 2 bridgehead atoms. The minimum atomic E-state index is -1.51. The number of benzene rings is 2. The molecule has 7 heteroatoms. The molecule has 2 aromatic rings. The summed E-state index contributed by atoms with van der Waals surface area (Å²) in [7, 11) is 0. The van der Waals surface area contributed by atoms with Crippen LogP contribution in [-0.4, -0.2) is 52.9 Å². The number of hydrogen-bond acceptors (Lipinski definition) is 6. The van der Waals surface area contributed by atoms with Gasteiger partial charge in [-0.1, -0.05) is 29.8 Å². The molecule has 3 N–H and O–H groups in total. The Kier molecular flexibility index (Phi) is 5.35. The number of hydrogen-bond donors (Lipinski definition) is 3. The number of halogens is 1. The van der Waals surface area contributed by atoms with Gasteiger partial charge in [0.2, 0.25) is 5.79 Å². The Morgan fingerprint density at radius 1 is 1.11 bits per heavy atom. The molecule has 0 unspecified atom stereocenters. The van der Waals surface area contributed by atoms with Gasteiger partial charge in [-0.2, -0.15) is 0 Å². The zero-order valence-corrected chi connectivity index (χ0v) is 16.2. The van der Waals surface area contributed by atoms with Gasteiger partial charge in [0.1, 0.15) is 30.2 Å². The van der Waals surface area contributed by atoms with E-state index in [1.54, 1.807) is 12.1 Å². The third kappa shape index (κ3) is 3.30. The Labute approximate surface area is 168 Å². The van der Waals surface area contributed by atoms with Crippen molar-refractivity contribution in [2.75, 3.05) is 13.2 Å². The first-order valence-corrected chi connectivity index (χ1v) is 9.69. The SMILES string of the molecule is CCOc1ccc(Cc2cc([C@@]34OC[C@@H](O3)[C@@H](O)[C@H](O)[C@H]4O)ccc2Cl)cc1. The van der Waals surface area contributed by atoms with E-state index in [1.807, 2.05) is 37.3 Å². The zero-order valence-electron chi connectivity index (χ0n) is 15.4. The molecule has 0 radical (unpaired) electrons. The van der Waals surface area contributed by atoms with Crippen LogP contribution in [0.15, 0.2) is 42.5 Å². The van der Waals surface area contributed by atoms with Gasteiger partial charge < -0.3 is 29.5 Å². The van der Waals surface area contributed by atoms with Crippen LogP contribution in [0.3, 0.4) is 0 Å². The minimum absolute atomic E-state index is 0.0894. The average molecular weight is 407 g/mol. The fraction of sp³-hybridized carbons (Fsp3) is 0.429. The molecule has 150 valence electrons. The smallest absolute Gasteiger partial charge is 0.225 e. The normalized spacial score (nSPS) is 31.8. The molecule has 6 nitrogen and oxygen atoms in total. The third-order valence-electron chi connectivity index (χ3n) is 5.31. The summed E-state index contributed by atoms with van der Waals surface area (Å²) < 4.78 is 17.0. The monoisotopic (exact) mass is 406 g/mol. The fourth-order valence-corrected chi connectivity index (χ4v) is 3.98. The van der Waals surface area contributed by atoms with Gasteiger partial charge in [0.05, 0.1) is 13.2 Å². The van der Waals surface area contributed by atoms with Gasteiger partial charge in [-0.25, -0.2) is 0 Å². The van der Waals surface area contributed by atoms with Crippen LogP contribution in [0.1, 0.15) is 23.6 Å². The highest BCUT2D eigenvalue weighted by atomic mass is 35.5. The van der Waals surface area contributed by atoms with Crippen molar-refractivity contribution in [3.63, 3.8) is 0 Å². The molecule has 0 amide bonds. The quantitative estimate of drug-likeness (QED) is 0.703. The van der Waals surface area contributed by atoms with Gasteiger partial charge in [-0.3, -0.25) is 0 Å². The Morgan fingerprint density at radius 3 is 2.57 bits per heavy atom. The molecular weight excluding hydrogens is 384 g/mol. The van der Waals surface area contributed by atoms with Crippen molar-refractivity contribution in [3.05, 3.63) is 64.2 Å². The number of ether oxygens (including phenoxy) is 3. The lowest BCUT2D eigenvalue weighted by atomic mass is 9.89. The van der Waals surface area contributed by atoms with E-state index in [0.717, 1.165) is 16.9 Å². The number of rotatable bonds is 5. The summed E-state index contributed by atoms with van der Waals surface area (Å²) >= 11 is 6.40. The van der Waals surface area contributed by atoms with E-state index in [2.05, 4.69) is 0 Å². The van der Waals surface area contributed by atoms with Gasteiger partial charge in [0, 0.05) is 10.6 Å². The van der Waals surface area contributed by atoms with E-state index in [4.69, 9.17) is 25.8 Å². The lowest BCUT2D eigenvalue weighted by Gasteiger charge is -2.41. The third-order valence-corrected chi connectivity index (χ3v) is 5.68. The van der Waals surface area contributed by atoms with Crippen molar-refractivity contribution in [3.8, 4) is 5.75 Å². The molecule has 2 saturated heterocycles. The van der Waals surface area contributed by atoms with Crippen molar-refractivity contribution in [1.82, 2.24) is 0 Å². The van der Waals surface area contributed by atoms with Crippen LogP contribution in [0.2, 0.25) is 5.02 Å².